The van der Waals surface area contributed by atoms with Crippen molar-refractivity contribution in [3.8, 4) is 22.3 Å². The van der Waals surface area contributed by atoms with Gasteiger partial charge in [-0.05, 0) is 104 Å². The lowest BCUT2D eigenvalue weighted by molar-refractivity contribution is 0.598. The molecular formula is C52H60O. The Morgan fingerprint density at radius 3 is 1.77 bits per heavy atom. The zero-order valence-corrected chi connectivity index (χ0v) is 33.9. The summed E-state index contributed by atoms with van der Waals surface area (Å²) in [6.45, 7) is 32.1. The van der Waals surface area contributed by atoms with Crippen molar-refractivity contribution in [2.45, 2.75) is 69.2 Å². The number of allylic oxidation sites excluding steroid dienone is 6. The summed E-state index contributed by atoms with van der Waals surface area (Å²) in [7, 11) is 0. The lowest BCUT2D eigenvalue weighted by Gasteiger charge is -2.12. The van der Waals surface area contributed by atoms with E-state index in [1.165, 1.54) is 50.1 Å². The SMILES string of the molecule is C=C(C)/C=C(\C=C/C)c1ccc(C)c(-c2ccccc2C)c1.C=Cc1c(C(=C)C)oc2ccccc12.CC.CC.Cc1ccc(-c2ccccc2)cc1. The number of para-hydroxylation sites is 1. The first-order chi connectivity index (χ1) is 25.6. The van der Waals surface area contributed by atoms with Crippen LogP contribution in [0.15, 0.2) is 169 Å². The van der Waals surface area contributed by atoms with Crippen LogP contribution in [0.1, 0.15) is 82.0 Å². The van der Waals surface area contributed by atoms with E-state index in [0.29, 0.717) is 0 Å². The largest absolute Gasteiger partial charge is 0.456 e. The Labute approximate surface area is 321 Å². The average Bonchev–Trinajstić information content (AvgIpc) is 3.57. The molecule has 6 aromatic rings. The lowest BCUT2D eigenvalue weighted by atomic mass is 9.92. The fourth-order valence-electron chi connectivity index (χ4n) is 5.60. The van der Waals surface area contributed by atoms with Crippen molar-refractivity contribution in [3.05, 3.63) is 198 Å². The van der Waals surface area contributed by atoms with Crippen LogP contribution in [0.5, 0.6) is 0 Å². The molecule has 0 radical (unpaired) electrons. The maximum atomic E-state index is 5.68. The van der Waals surface area contributed by atoms with Gasteiger partial charge in [0.1, 0.15) is 11.3 Å². The van der Waals surface area contributed by atoms with Gasteiger partial charge in [0.05, 0.1) is 0 Å². The van der Waals surface area contributed by atoms with Gasteiger partial charge in [0.2, 0.25) is 0 Å². The molecule has 0 aliphatic heterocycles. The number of fused-ring (bicyclic) bond motifs is 1. The van der Waals surface area contributed by atoms with Gasteiger partial charge in [-0.3, -0.25) is 0 Å². The standard InChI is InChI=1S/C22H24.C13H12O.C13H12.2C2H6/c1-6-9-19(14-16(2)3)20-13-12-18(5)22(15-20)21-11-8-7-10-17(21)4;1-4-10-11-7-5-6-8-12(11)14-13(10)9(2)3;1-11-7-9-13(10-8-11)12-5-3-2-4-6-12;2*1-2/h6-15H,2H2,1,3-5H3;4-8H,1-2H2,3H3;2-10H,1H3;2*1-2H3/b9-6-,19-14+;;;;. The molecule has 0 saturated carbocycles. The van der Waals surface area contributed by atoms with Crippen LogP contribution < -0.4 is 0 Å². The molecule has 53 heavy (non-hydrogen) atoms. The fraction of sp³-hybridized carbons (Fsp3) is 0.192. The van der Waals surface area contributed by atoms with E-state index in [-0.39, 0.29) is 0 Å². The summed E-state index contributed by atoms with van der Waals surface area (Å²) in [6, 6.07) is 42.2. The Hall–Kier alpha value is -5.66. The minimum atomic E-state index is 0.834. The number of hydrogen-bond acceptors (Lipinski definition) is 1. The van der Waals surface area contributed by atoms with Gasteiger partial charge in [0.15, 0.2) is 0 Å². The molecule has 0 bridgehead atoms. The Morgan fingerprint density at radius 2 is 1.19 bits per heavy atom. The molecule has 1 heteroatoms. The number of rotatable bonds is 7. The van der Waals surface area contributed by atoms with Gasteiger partial charge in [0.25, 0.3) is 0 Å². The molecule has 0 aliphatic rings. The van der Waals surface area contributed by atoms with Gasteiger partial charge in [-0.25, -0.2) is 0 Å². The Balaban J connectivity index is 0.000000273. The van der Waals surface area contributed by atoms with Crippen LogP contribution in [0.4, 0.5) is 0 Å². The topological polar surface area (TPSA) is 13.1 Å². The third-order valence-corrected chi connectivity index (χ3v) is 8.14. The number of furan rings is 1. The molecule has 0 spiro atoms. The van der Waals surface area contributed by atoms with E-state index in [9.17, 15) is 0 Å². The van der Waals surface area contributed by atoms with Gasteiger partial charge in [0, 0.05) is 10.9 Å². The molecule has 0 atom stereocenters. The summed E-state index contributed by atoms with van der Waals surface area (Å²) in [5.41, 5.74) is 15.4. The molecule has 1 heterocycles. The highest BCUT2D eigenvalue weighted by atomic mass is 16.3. The fourth-order valence-corrected chi connectivity index (χ4v) is 5.60. The Bertz CT molecular complexity index is 2100. The minimum Gasteiger partial charge on any atom is -0.456 e. The van der Waals surface area contributed by atoms with Crippen LogP contribution in [0.25, 0.3) is 50.4 Å². The zero-order valence-electron chi connectivity index (χ0n) is 33.9. The molecule has 0 amide bonds. The Kier molecular flexibility index (Phi) is 18.9. The van der Waals surface area contributed by atoms with Crippen LogP contribution in [-0.2, 0) is 0 Å². The van der Waals surface area contributed by atoms with Crippen molar-refractivity contribution in [2.75, 3.05) is 0 Å². The molecule has 1 nitrogen and oxygen atoms in total. The first-order valence-electron chi connectivity index (χ1n) is 18.7. The second kappa shape index (κ2) is 23.0. The quantitative estimate of drug-likeness (QED) is 0.151. The minimum absolute atomic E-state index is 0.834. The van der Waals surface area contributed by atoms with Gasteiger partial charge < -0.3 is 4.42 Å². The van der Waals surface area contributed by atoms with E-state index in [2.05, 4.69) is 150 Å². The highest BCUT2D eigenvalue weighted by Crippen LogP contribution is 2.31. The van der Waals surface area contributed by atoms with Crippen LogP contribution in [0.2, 0.25) is 0 Å². The first-order valence-corrected chi connectivity index (χ1v) is 18.7. The summed E-state index contributed by atoms with van der Waals surface area (Å²) < 4.78 is 5.68. The van der Waals surface area contributed by atoms with Crippen molar-refractivity contribution in [1.82, 2.24) is 0 Å². The molecule has 0 aliphatic carbocycles. The van der Waals surface area contributed by atoms with Gasteiger partial charge in [-0.1, -0.05) is 192 Å². The van der Waals surface area contributed by atoms with Crippen LogP contribution in [-0.4, -0.2) is 0 Å². The van der Waals surface area contributed by atoms with Crippen LogP contribution in [0.3, 0.4) is 0 Å². The van der Waals surface area contributed by atoms with E-state index < -0.39 is 0 Å². The third kappa shape index (κ3) is 12.8. The van der Waals surface area contributed by atoms with Crippen molar-refractivity contribution < 1.29 is 4.42 Å². The smallest absolute Gasteiger partial charge is 0.137 e. The monoisotopic (exact) mass is 700 g/mol. The van der Waals surface area contributed by atoms with Crippen LogP contribution >= 0.6 is 0 Å². The highest BCUT2D eigenvalue weighted by Gasteiger charge is 2.11. The van der Waals surface area contributed by atoms with E-state index in [1.807, 2.05) is 84.9 Å². The molecule has 5 aromatic carbocycles. The molecule has 0 unspecified atom stereocenters. The van der Waals surface area contributed by atoms with E-state index >= 15 is 0 Å². The summed E-state index contributed by atoms with van der Waals surface area (Å²) in [5, 5.41) is 1.10. The lowest BCUT2D eigenvalue weighted by Crippen LogP contribution is -1.90. The summed E-state index contributed by atoms with van der Waals surface area (Å²) >= 11 is 0. The van der Waals surface area contributed by atoms with Gasteiger partial charge in [-0.15, -0.1) is 0 Å². The van der Waals surface area contributed by atoms with Gasteiger partial charge >= 0.3 is 0 Å². The molecular weight excluding hydrogens is 641 g/mol. The molecule has 6 rings (SSSR count). The van der Waals surface area contributed by atoms with E-state index in [0.717, 1.165) is 33.4 Å². The molecule has 1 aromatic heterocycles. The maximum absolute atomic E-state index is 5.68. The van der Waals surface area contributed by atoms with E-state index in [1.54, 1.807) is 0 Å². The number of aryl methyl sites for hydroxylation is 3. The molecule has 274 valence electrons. The summed E-state index contributed by atoms with van der Waals surface area (Å²) in [5.74, 6) is 0.834. The van der Waals surface area contributed by atoms with E-state index in [4.69, 9.17) is 4.42 Å². The van der Waals surface area contributed by atoms with Crippen molar-refractivity contribution >= 4 is 28.2 Å². The molecule has 0 saturated heterocycles. The second-order valence-corrected chi connectivity index (χ2v) is 12.3. The molecule has 0 N–H and O–H groups in total. The average molecular weight is 701 g/mol. The summed E-state index contributed by atoms with van der Waals surface area (Å²) in [4.78, 5) is 0. The zero-order chi connectivity index (χ0) is 39.3. The maximum Gasteiger partial charge on any atom is 0.137 e. The van der Waals surface area contributed by atoms with Crippen molar-refractivity contribution in [2.24, 2.45) is 0 Å². The Morgan fingerprint density at radius 1 is 0.623 bits per heavy atom. The van der Waals surface area contributed by atoms with Gasteiger partial charge in [-0.2, -0.15) is 0 Å². The predicted molar refractivity (Wildman–Crippen MR) is 239 cm³/mol. The number of hydrogen-bond donors (Lipinski definition) is 0. The number of benzene rings is 5. The third-order valence-electron chi connectivity index (χ3n) is 8.14. The summed E-state index contributed by atoms with van der Waals surface area (Å²) in [6.07, 6.45) is 8.16. The van der Waals surface area contributed by atoms with Crippen LogP contribution in [0, 0.1) is 20.8 Å². The highest BCUT2D eigenvalue weighted by molar-refractivity contribution is 5.92. The first kappa shape index (κ1) is 43.5. The predicted octanol–water partition coefficient (Wildman–Crippen LogP) is 16.3. The van der Waals surface area contributed by atoms with Crippen molar-refractivity contribution in [3.63, 3.8) is 0 Å². The molecule has 0 fully saturated rings. The second-order valence-electron chi connectivity index (χ2n) is 12.3. The normalized spacial score (nSPS) is 10.3. The van der Waals surface area contributed by atoms with Crippen molar-refractivity contribution in [1.29, 1.82) is 0 Å².